The molecule has 0 amide bonds. The zero-order valence-electron chi connectivity index (χ0n) is 9.54. The Hall–Kier alpha value is -1.90. The van der Waals surface area contributed by atoms with Crippen LogP contribution in [0, 0.1) is 21.7 Å². The van der Waals surface area contributed by atoms with Gasteiger partial charge in [0.05, 0.1) is 11.5 Å². The minimum Gasteiger partial charge on any atom is -0.377 e. The van der Waals surface area contributed by atoms with Gasteiger partial charge in [0.2, 0.25) is 5.82 Å². The van der Waals surface area contributed by atoms with Crippen LogP contribution in [-0.4, -0.2) is 31.1 Å². The van der Waals surface area contributed by atoms with Crippen LogP contribution in [0.5, 0.6) is 0 Å². The van der Waals surface area contributed by atoms with Gasteiger partial charge >= 0.3 is 5.69 Å². The largest absolute Gasteiger partial charge is 0.377 e. The van der Waals surface area contributed by atoms with Crippen molar-refractivity contribution in [2.75, 3.05) is 25.1 Å². The van der Waals surface area contributed by atoms with Crippen molar-refractivity contribution < 1.29 is 27.2 Å². The molecular formula is C10H10F4N2O3. The second-order valence-corrected chi connectivity index (χ2v) is 3.43. The van der Waals surface area contributed by atoms with Gasteiger partial charge in [-0.3, -0.25) is 10.1 Å². The number of nitro groups is 1. The van der Waals surface area contributed by atoms with E-state index in [0.29, 0.717) is 6.07 Å². The Morgan fingerprint density at radius 2 is 2.05 bits per heavy atom. The third kappa shape index (κ3) is 4.70. The highest BCUT2D eigenvalue weighted by Gasteiger charge is 2.21. The molecule has 1 N–H and O–H groups in total. The molecule has 0 aliphatic heterocycles. The summed E-state index contributed by atoms with van der Waals surface area (Å²) in [6, 6.07) is 1.13. The lowest BCUT2D eigenvalue weighted by molar-refractivity contribution is -0.386. The van der Waals surface area contributed by atoms with E-state index in [4.69, 9.17) is 0 Å². The Kier molecular flexibility index (Phi) is 5.49. The summed E-state index contributed by atoms with van der Waals surface area (Å²) in [6.45, 7) is -1.06. The highest BCUT2D eigenvalue weighted by molar-refractivity contribution is 5.62. The maximum Gasteiger partial charge on any atom is 0.327 e. The first-order valence-corrected chi connectivity index (χ1v) is 5.15. The summed E-state index contributed by atoms with van der Waals surface area (Å²) < 4.78 is 54.1. The van der Waals surface area contributed by atoms with Crippen LogP contribution in [0.25, 0.3) is 0 Å². The topological polar surface area (TPSA) is 64.4 Å². The van der Waals surface area contributed by atoms with Crippen molar-refractivity contribution in [2.45, 2.75) is 6.43 Å². The van der Waals surface area contributed by atoms with Crippen LogP contribution in [0.3, 0.4) is 0 Å². The fourth-order valence-corrected chi connectivity index (χ4v) is 1.32. The molecule has 5 nitrogen and oxygen atoms in total. The smallest absolute Gasteiger partial charge is 0.327 e. The number of nitrogens with one attached hydrogen (secondary N) is 1. The molecule has 0 aliphatic rings. The molecule has 0 atom stereocenters. The molecular weight excluding hydrogens is 272 g/mol. The molecule has 0 fully saturated rings. The number of hydrogen-bond donors (Lipinski definition) is 1. The molecule has 1 rings (SSSR count). The van der Waals surface area contributed by atoms with Gasteiger partial charge in [-0.1, -0.05) is 0 Å². The van der Waals surface area contributed by atoms with Crippen molar-refractivity contribution in [3.8, 4) is 0 Å². The number of hydrogen-bond acceptors (Lipinski definition) is 4. The predicted molar refractivity (Wildman–Crippen MR) is 58.3 cm³/mol. The van der Waals surface area contributed by atoms with E-state index in [2.05, 4.69) is 10.1 Å². The van der Waals surface area contributed by atoms with E-state index < -0.39 is 35.3 Å². The molecule has 1 aromatic rings. The fraction of sp³-hybridized carbons (Fsp3) is 0.400. The molecule has 106 valence electrons. The van der Waals surface area contributed by atoms with Gasteiger partial charge in [-0.25, -0.2) is 13.2 Å². The minimum absolute atomic E-state index is 0.101. The molecule has 0 aromatic heterocycles. The van der Waals surface area contributed by atoms with Crippen molar-refractivity contribution in [3.05, 3.63) is 33.9 Å². The molecule has 0 saturated carbocycles. The van der Waals surface area contributed by atoms with Crippen LogP contribution in [0.2, 0.25) is 0 Å². The van der Waals surface area contributed by atoms with Crippen LogP contribution in [-0.2, 0) is 4.74 Å². The molecule has 1 aromatic carbocycles. The SMILES string of the molecule is O=[N+]([O-])c1c(F)cc(F)cc1NCCOCC(F)F. The Balaban J connectivity index is 2.64. The highest BCUT2D eigenvalue weighted by Crippen LogP contribution is 2.28. The standard InChI is InChI=1S/C10H10F4N2O3/c11-6-3-7(12)10(16(17)18)8(4-6)15-1-2-19-5-9(13)14/h3-4,9,15H,1-2,5H2. The number of halogens is 4. The summed E-state index contributed by atoms with van der Waals surface area (Å²) in [5.74, 6) is -2.31. The first-order valence-electron chi connectivity index (χ1n) is 5.15. The summed E-state index contributed by atoms with van der Waals surface area (Å²) >= 11 is 0. The summed E-state index contributed by atoms with van der Waals surface area (Å²) in [4.78, 5) is 9.60. The van der Waals surface area contributed by atoms with Gasteiger partial charge in [-0.15, -0.1) is 0 Å². The highest BCUT2D eigenvalue weighted by atomic mass is 19.3. The first-order chi connectivity index (χ1) is 8.91. The van der Waals surface area contributed by atoms with Gasteiger partial charge in [-0.2, -0.15) is 4.39 Å². The summed E-state index contributed by atoms with van der Waals surface area (Å²) in [6.07, 6.45) is -2.62. The van der Waals surface area contributed by atoms with E-state index in [9.17, 15) is 27.7 Å². The zero-order valence-corrected chi connectivity index (χ0v) is 9.54. The number of anilines is 1. The molecule has 0 saturated heterocycles. The van der Waals surface area contributed by atoms with Gasteiger partial charge in [0, 0.05) is 18.7 Å². The molecule has 9 heteroatoms. The quantitative estimate of drug-likeness (QED) is 0.361. The maximum atomic E-state index is 13.2. The van der Waals surface area contributed by atoms with Crippen molar-refractivity contribution in [2.24, 2.45) is 0 Å². The van der Waals surface area contributed by atoms with E-state index >= 15 is 0 Å². The molecule has 0 unspecified atom stereocenters. The first kappa shape index (κ1) is 15.2. The van der Waals surface area contributed by atoms with Crippen LogP contribution in [0.1, 0.15) is 0 Å². The average molecular weight is 282 g/mol. The molecule has 0 bridgehead atoms. The second kappa shape index (κ2) is 6.88. The lowest BCUT2D eigenvalue weighted by atomic mass is 10.2. The average Bonchev–Trinajstić information content (AvgIpc) is 2.26. The normalized spacial score (nSPS) is 10.8. The van der Waals surface area contributed by atoms with E-state index in [1.54, 1.807) is 0 Å². The Bertz CT molecular complexity index is 457. The number of nitrogens with zero attached hydrogens (tertiary/aromatic N) is 1. The lowest BCUT2D eigenvalue weighted by Gasteiger charge is -2.08. The van der Waals surface area contributed by atoms with Gasteiger partial charge in [0.25, 0.3) is 6.43 Å². The van der Waals surface area contributed by atoms with E-state index in [1.807, 2.05) is 0 Å². The molecule has 0 spiro atoms. The van der Waals surface area contributed by atoms with Crippen LogP contribution in [0.15, 0.2) is 12.1 Å². The number of benzene rings is 1. The van der Waals surface area contributed by atoms with E-state index in [0.717, 1.165) is 6.07 Å². The molecule has 19 heavy (non-hydrogen) atoms. The number of ether oxygens (including phenoxy) is 1. The minimum atomic E-state index is -2.62. The van der Waals surface area contributed by atoms with Gasteiger partial charge in [-0.05, 0) is 0 Å². The van der Waals surface area contributed by atoms with Crippen LogP contribution in [0.4, 0.5) is 28.9 Å². The Morgan fingerprint density at radius 1 is 1.37 bits per heavy atom. The van der Waals surface area contributed by atoms with Crippen LogP contribution < -0.4 is 5.32 Å². The van der Waals surface area contributed by atoms with Gasteiger partial charge < -0.3 is 10.1 Å². The number of alkyl halides is 2. The van der Waals surface area contributed by atoms with E-state index in [-0.39, 0.29) is 18.8 Å². The third-order valence-corrected chi connectivity index (χ3v) is 2.02. The van der Waals surface area contributed by atoms with E-state index in [1.165, 1.54) is 0 Å². The summed E-state index contributed by atoms with van der Waals surface area (Å²) in [5.41, 5.74) is -1.28. The summed E-state index contributed by atoms with van der Waals surface area (Å²) in [5, 5.41) is 13.0. The molecule has 0 heterocycles. The number of nitro benzene ring substituents is 1. The predicted octanol–water partition coefficient (Wildman–Crippen LogP) is 2.57. The zero-order chi connectivity index (χ0) is 14.4. The monoisotopic (exact) mass is 282 g/mol. The maximum absolute atomic E-state index is 13.2. The van der Waals surface area contributed by atoms with Crippen molar-refractivity contribution in [1.29, 1.82) is 0 Å². The lowest BCUT2D eigenvalue weighted by Crippen LogP contribution is -2.14. The van der Waals surface area contributed by atoms with Crippen LogP contribution >= 0.6 is 0 Å². The molecule has 0 aliphatic carbocycles. The Morgan fingerprint density at radius 3 is 2.63 bits per heavy atom. The Labute approximate surface area is 105 Å². The van der Waals surface area contributed by atoms with Crippen molar-refractivity contribution in [3.63, 3.8) is 0 Å². The number of rotatable bonds is 7. The second-order valence-electron chi connectivity index (χ2n) is 3.43. The van der Waals surface area contributed by atoms with Gasteiger partial charge in [0.15, 0.2) is 0 Å². The van der Waals surface area contributed by atoms with Crippen molar-refractivity contribution in [1.82, 2.24) is 0 Å². The summed E-state index contributed by atoms with van der Waals surface area (Å²) in [7, 11) is 0. The van der Waals surface area contributed by atoms with Crippen molar-refractivity contribution >= 4 is 11.4 Å². The fourth-order valence-electron chi connectivity index (χ4n) is 1.32. The third-order valence-electron chi connectivity index (χ3n) is 2.02. The molecule has 0 radical (unpaired) electrons. The van der Waals surface area contributed by atoms with Gasteiger partial charge in [0.1, 0.15) is 18.1 Å².